The van der Waals surface area contributed by atoms with Crippen molar-refractivity contribution in [3.63, 3.8) is 0 Å². The van der Waals surface area contributed by atoms with Crippen LogP contribution >= 0.6 is 11.6 Å². The van der Waals surface area contributed by atoms with Crippen molar-refractivity contribution < 1.29 is 28.9 Å². The Bertz CT molecular complexity index is 1110. The van der Waals surface area contributed by atoms with Crippen molar-refractivity contribution in [2.75, 3.05) is 7.11 Å². The zero-order valence-electron chi connectivity index (χ0n) is 15.9. The van der Waals surface area contributed by atoms with E-state index in [1.165, 1.54) is 37.5 Å². The van der Waals surface area contributed by atoms with Gasteiger partial charge in [-0.1, -0.05) is 23.7 Å². The highest BCUT2D eigenvalue weighted by Crippen LogP contribution is 2.28. The van der Waals surface area contributed by atoms with E-state index in [1.54, 1.807) is 24.3 Å². The number of rotatable bonds is 7. The number of ether oxygens (including phenoxy) is 2. The summed E-state index contributed by atoms with van der Waals surface area (Å²) < 4.78 is 24.2. The van der Waals surface area contributed by atoms with Gasteiger partial charge in [-0.2, -0.15) is 0 Å². The molecule has 0 saturated heterocycles. The van der Waals surface area contributed by atoms with Gasteiger partial charge in [0.05, 0.1) is 17.7 Å². The topological polar surface area (TPSA) is 76.0 Å². The molecule has 30 heavy (non-hydrogen) atoms. The molecule has 0 aliphatic heterocycles. The Hall–Kier alpha value is -3.51. The van der Waals surface area contributed by atoms with Crippen molar-refractivity contribution in [3.8, 4) is 23.0 Å². The molecular formula is C23H18ClFO5. The maximum absolute atomic E-state index is 13.2. The third kappa shape index (κ3) is 5.10. The third-order valence-electron chi connectivity index (χ3n) is 4.26. The van der Waals surface area contributed by atoms with Gasteiger partial charge in [-0.25, -0.2) is 4.39 Å². The van der Waals surface area contributed by atoms with Crippen LogP contribution in [0.25, 0.3) is 6.08 Å². The molecule has 0 aromatic heterocycles. The lowest BCUT2D eigenvalue weighted by Crippen LogP contribution is -2.00. The van der Waals surface area contributed by atoms with Gasteiger partial charge < -0.3 is 19.7 Å². The van der Waals surface area contributed by atoms with E-state index in [0.717, 1.165) is 12.1 Å². The molecule has 0 unspecified atom stereocenters. The molecule has 3 rings (SSSR count). The van der Waals surface area contributed by atoms with Crippen molar-refractivity contribution in [3.05, 3.63) is 88.2 Å². The van der Waals surface area contributed by atoms with Gasteiger partial charge in [-0.05, 0) is 54.1 Å². The molecule has 3 aromatic carbocycles. The highest BCUT2D eigenvalue weighted by atomic mass is 35.5. The van der Waals surface area contributed by atoms with Crippen LogP contribution in [-0.4, -0.2) is 23.1 Å². The van der Waals surface area contributed by atoms with Gasteiger partial charge in [0.15, 0.2) is 5.78 Å². The number of phenolic OH excluding ortho intramolecular Hbond substituents is 2. The zero-order chi connectivity index (χ0) is 21.7. The summed E-state index contributed by atoms with van der Waals surface area (Å²) in [5, 5.41) is 19.3. The quantitative estimate of drug-likeness (QED) is 0.390. The van der Waals surface area contributed by atoms with Crippen molar-refractivity contribution in [1.82, 2.24) is 0 Å². The number of phenols is 2. The van der Waals surface area contributed by atoms with Crippen LogP contribution in [0.2, 0.25) is 5.02 Å². The maximum Gasteiger partial charge on any atom is 0.189 e. The van der Waals surface area contributed by atoms with Gasteiger partial charge >= 0.3 is 0 Å². The number of ketones is 1. The van der Waals surface area contributed by atoms with Crippen LogP contribution in [0.4, 0.5) is 4.39 Å². The van der Waals surface area contributed by atoms with Crippen molar-refractivity contribution >= 4 is 23.5 Å². The molecule has 0 amide bonds. The summed E-state index contributed by atoms with van der Waals surface area (Å²) >= 11 is 5.99. The number of carbonyl (C=O) groups is 1. The third-order valence-corrected chi connectivity index (χ3v) is 4.55. The number of hydrogen-bond donors (Lipinski definition) is 2. The summed E-state index contributed by atoms with van der Waals surface area (Å²) in [5.74, 6) is -0.397. The summed E-state index contributed by atoms with van der Waals surface area (Å²) in [6, 6.07) is 12.9. The lowest BCUT2D eigenvalue weighted by Gasteiger charge is -2.12. The molecule has 0 aliphatic carbocycles. The average molecular weight is 429 g/mol. The molecule has 154 valence electrons. The Balaban J connectivity index is 1.78. The molecule has 7 heteroatoms. The normalized spacial score (nSPS) is 10.9. The van der Waals surface area contributed by atoms with Crippen molar-refractivity contribution in [1.29, 1.82) is 0 Å². The van der Waals surface area contributed by atoms with E-state index in [9.17, 15) is 19.4 Å². The van der Waals surface area contributed by atoms with Gasteiger partial charge in [-0.3, -0.25) is 4.79 Å². The van der Waals surface area contributed by atoms with E-state index in [0.29, 0.717) is 22.6 Å². The van der Waals surface area contributed by atoms with Crippen LogP contribution in [0.1, 0.15) is 21.5 Å². The summed E-state index contributed by atoms with van der Waals surface area (Å²) in [6.07, 6.45) is 2.90. The van der Waals surface area contributed by atoms with Gasteiger partial charge in [-0.15, -0.1) is 0 Å². The van der Waals surface area contributed by atoms with Gasteiger partial charge in [0, 0.05) is 11.6 Å². The van der Waals surface area contributed by atoms with Gasteiger partial charge in [0.25, 0.3) is 0 Å². The average Bonchev–Trinajstić information content (AvgIpc) is 2.71. The number of allylic oxidation sites excluding steroid dienone is 1. The summed E-state index contributed by atoms with van der Waals surface area (Å²) in [6.45, 7) is 0.114. The molecule has 0 radical (unpaired) electrons. The Kier molecular flexibility index (Phi) is 6.59. The monoisotopic (exact) mass is 428 g/mol. The van der Waals surface area contributed by atoms with Crippen LogP contribution < -0.4 is 9.47 Å². The minimum atomic E-state index is -0.457. The number of halogens is 2. The second-order valence-corrected chi connectivity index (χ2v) is 6.74. The minimum Gasteiger partial charge on any atom is -0.508 e. The molecule has 0 saturated carbocycles. The number of methoxy groups -OCH3 is 1. The second kappa shape index (κ2) is 9.33. The minimum absolute atomic E-state index is 0.0760. The highest BCUT2D eigenvalue weighted by molar-refractivity contribution is 6.32. The number of hydrogen-bond acceptors (Lipinski definition) is 5. The predicted molar refractivity (Wildman–Crippen MR) is 112 cm³/mol. The van der Waals surface area contributed by atoms with Crippen LogP contribution in [0.5, 0.6) is 23.0 Å². The lowest BCUT2D eigenvalue weighted by atomic mass is 10.1. The van der Waals surface area contributed by atoms with Crippen LogP contribution in [0.3, 0.4) is 0 Å². The SMILES string of the molecule is COc1ccc(/C=C/C(=O)c2ccc(O)cc2O)cc1COc1ccc(F)cc1Cl. The Morgan fingerprint density at radius 3 is 2.53 bits per heavy atom. The van der Waals surface area contributed by atoms with Gasteiger partial charge in [0.1, 0.15) is 35.4 Å². The van der Waals surface area contributed by atoms with Crippen molar-refractivity contribution in [2.24, 2.45) is 0 Å². The van der Waals surface area contributed by atoms with Crippen LogP contribution in [0.15, 0.2) is 60.7 Å². The summed E-state index contributed by atoms with van der Waals surface area (Å²) in [4.78, 5) is 12.3. The van der Waals surface area contributed by atoms with E-state index >= 15 is 0 Å². The van der Waals surface area contributed by atoms with Gasteiger partial charge in [0.2, 0.25) is 0 Å². The second-order valence-electron chi connectivity index (χ2n) is 6.33. The fourth-order valence-corrected chi connectivity index (χ4v) is 2.97. The molecule has 0 aliphatic rings. The van der Waals surface area contributed by atoms with Crippen LogP contribution in [-0.2, 0) is 6.61 Å². The van der Waals surface area contributed by atoms with E-state index in [4.69, 9.17) is 21.1 Å². The molecule has 0 bridgehead atoms. The largest absolute Gasteiger partial charge is 0.508 e. The molecule has 0 fully saturated rings. The molecule has 0 heterocycles. The van der Waals surface area contributed by atoms with E-state index in [1.807, 2.05) is 0 Å². The number of aromatic hydroxyl groups is 2. The molecule has 0 atom stereocenters. The van der Waals surface area contributed by atoms with E-state index < -0.39 is 11.6 Å². The summed E-state index contributed by atoms with van der Waals surface area (Å²) in [7, 11) is 1.52. The highest BCUT2D eigenvalue weighted by Gasteiger charge is 2.10. The first-order valence-electron chi connectivity index (χ1n) is 8.86. The fourth-order valence-electron chi connectivity index (χ4n) is 2.75. The first-order valence-corrected chi connectivity index (χ1v) is 9.24. The molecule has 3 aromatic rings. The number of carbonyl (C=O) groups excluding carboxylic acids is 1. The molecule has 0 spiro atoms. The fraction of sp³-hybridized carbons (Fsp3) is 0.0870. The predicted octanol–water partition coefficient (Wildman–Crippen LogP) is 5.37. The maximum atomic E-state index is 13.2. The van der Waals surface area contributed by atoms with E-state index in [-0.39, 0.29) is 28.7 Å². The Labute approximate surface area is 177 Å². The van der Waals surface area contributed by atoms with E-state index in [2.05, 4.69) is 0 Å². The number of benzene rings is 3. The Morgan fingerprint density at radius 2 is 1.83 bits per heavy atom. The molecule has 5 nitrogen and oxygen atoms in total. The smallest absolute Gasteiger partial charge is 0.189 e. The summed E-state index contributed by atoms with van der Waals surface area (Å²) in [5.41, 5.74) is 1.47. The molecule has 2 N–H and O–H groups in total. The first-order chi connectivity index (χ1) is 14.4. The lowest BCUT2D eigenvalue weighted by molar-refractivity contribution is 0.104. The van der Waals surface area contributed by atoms with Crippen LogP contribution in [0, 0.1) is 5.82 Å². The molecular weight excluding hydrogens is 411 g/mol. The van der Waals surface area contributed by atoms with Crippen molar-refractivity contribution in [2.45, 2.75) is 6.61 Å². The first kappa shape index (κ1) is 21.2. The zero-order valence-corrected chi connectivity index (χ0v) is 16.7. The Morgan fingerprint density at radius 1 is 1.07 bits per heavy atom. The standard InChI is InChI=1S/C23H18ClFO5/c1-29-22-8-3-14(2-7-20(27)18-6-5-17(26)12-21(18)28)10-15(22)13-30-23-9-4-16(25)11-19(23)24/h2-12,26,28H,13H2,1H3/b7-2+.